The Bertz CT molecular complexity index is 951. The van der Waals surface area contributed by atoms with Crippen molar-refractivity contribution in [2.45, 2.75) is 19.5 Å². The molecule has 0 N–H and O–H groups in total. The molecule has 3 aromatic rings. The van der Waals surface area contributed by atoms with Crippen LogP contribution in [0.15, 0.2) is 67.3 Å². The molecular formula is C24H29N5O2. The van der Waals surface area contributed by atoms with Crippen LogP contribution in [0.1, 0.15) is 24.1 Å². The number of carbonyl (C=O) groups is 1. The normalized spacial score (nSPS) is 16.6. The number of hydrogen-bond donors (Lipinski definition) is 0. The van der Waals surface area contributed by atoms with Crippen molar-refractivity contribution < 1.29 is 9.53 Å². The fraction of sp³-hybridized carbons (Fsp3) is 0.375. The highest BCUT2D eigenvalue weighted by Crippen LogP contribution is 2.31. The number of aromatic nitrogens is 3. The highest BCUT2D eigenvalue weighted by molar-refractivity contribution is 5.78. The Hall–Kier alpha value is -3.19. The topological polar surface area (TPSA) is 63.5 Å². The van der Waals surface area contributed by atoms with Crippen molar-refractivity contribution in [2.75, 3.05) is 33.3 Å². The van der Waals surface area contributed by atoms with Gasteiger partial charge in [-0.05, 0) is 23.3 Å². The van der Waals surface area contributed by atoms with Crippen LogP contribution >= 0.6 is 0 Å². The summed E-state index contributed by atoms with van der Waals surface area (Å²) in [5.41, 5.74) is 2.48. The Morgan fingerprint density at radius 3 is 2.29 bits per heavy atom. The van der Waals surface area contributed by atoms with Gasteiger partial charge in [0, 0.05) is 26.2 Å². The quantitative estimate of drug-likeness (QED) is 0.589. The molecule has 7 heteroatoms. The average molecular weight is 420 g/mol. The highest BCUT2D eigenvalue weighted by Gasteiger charge is 2.30. The summed E-state index contributed by atoms with van der Waals surface area (Å²) in [6.45, 7) is 5.61. The minimum absolute atomic E-state index is 0.125. The molecule has 0 aliphatic carbocycles. The summed E-state index contributed by atoms with van der Waals surface area (Å²) in [5, 5.41) is 4.12. The van der Waals surface area contributed by atoms with Gasteiger partial charge >= 0.3 is 0 Å². The number of nitrogens with zero attached hydrogens (tertiary/aromatic N) is 5. The standard InChI is InChI=1S/C24H29N5O2/c1-19(16-29-18-25-17-26-29)24(30)28-14-12-27(13-15-28)23(20-6-4-3-5-7-20)21-8-10-22(31-2)11-9-21/h3-11,17-19,23H,12-16H2,1-2H3/t19-,23+/m1/s1. The Balaban J connectivity index is 1.45. The number of methoxy groups -OCH3 is 1. The Labute approximate surface area is 183 Å². The van der Waals surface area contributed by atoms with E-state index >= 15 is 0 Å². The summed E-state index contributed by atoms with van der Waals surface area (Å²) >= 11 is 0. The largest absolute Gasteiger partial charge is 0.497 e. The molecule has 0 saturated carbocycles. The van der Waals surface area contributed by atoms with Crippen LogP contribution in [0, 0.1) is 5.92 Å². The Morgan fingerprint density at radius 2 is 1.68 bits per heavy atom. The van der Waals surface area contributed by atoms with Gasteiger partial charge in [0.25, 0.3) is 0 Å². The predicted octanol–water partition coefficient (Wildman–Crippen LogP) is 2.86. The lowest BCUT2D eigenvalue weighted by Crippen LogP contribution is -2.51. The molecule has 1 saturated heterocycles. The van der Waals surface area contributed by atoms with Crippen LogP contribution in [0.25, 0.3) is 0 Å². The summed E-state index contributed by atoms with van der Waals surface area (Å²) < 4.78 is 7.05. The fourth-order valence-corrected chi connectivity index (χ4v) is 4.23. The van der Waals surface area contributed by atoms with Gasteiger partial charge in [-0.15, -0.1) is 0 Å². The number of benzene rings is 2. The molecular weight excluding hydrogens is 390 g/mol. The number of piperazine rings is 1. The van der Waals surface area contributed by atoms with E-state index in [1.807, 2.05) is 30.0 Å². The summed E-state index contributed by atoms with van der Waals surface area (Å²) in [6, 6.07) is 19.0. The van der Waals surface area contributed by atoms with E-state index < -0.39 is 0 Å². The van der Waals surface area contributed by atoms with Gasteiger partial charge in [-0.1, -0.05) is 49.4 Å². The molecule has 1 aliphatic heterocycles. The molecule has 31 heavy (non-hydrogen) atoms. The van der Waals surface area contributed by atoms with Crippen LogP contribution in [0.3, 0.4) is 0 Å². The molecule has 7 nitrogen and oxygen atoms in total. The fourth-order valence-electron chi connectivity index (χ4n) is 4.23. The van der Waals surface area contributed by atoms with Crippen molar-refractivity contribution in [1.29, 1.82) is 0 Å². The van der Waals surface area contributed by atoms with Gasteiger partial charge in [0.15, 0.2) is 0 Å². The van der Waals surface area contributed by atoms with E-state index in [0.717, 1.165) is 31.9 Å². The molecule has 1 amide bonds. The number of rotatable bonds is 7. The summed E-state index contributed by atoms with van der Waals surface area (Å²) in [6.07, 6.45) is 3.15. The zero-order valence-corrected chi connectivity index (χ0v) is 18.1. The molecule has 2 aromatic carbocycles. The lowest BCUT2D eigenvalue weighted by atomic mass is 9.96. The maximum absolute atomic E-state index is 12.9. The first kappa shape index (κ1) is 21.1. The molecule has 0 unspecified atom stereocenters. The molecule has 0 bridgehead atoms. The molecule has 0 radical (unpaired) electrons. The number of ether oxygens (including phenoxy) is 1. The zero-order chi connectivity index (χ0) is 21.6. The van der Waals surface area contributed by atoms with Crippen LogP contribution in [-0.2, 0) is 11.3 Å². The third kappa shape index (κ3) is 4.94. The van der Waals surface area contributed by atoms with Crippen LogP contribution in [0.2, 0.25) is 0 Å². The van der Waals surface area contributed by atoms with E-state index in [4.69, 9.17) is 4.74 Å². The van der Waals surface area contributed by atoms with Crippen LogP contribution in [-0.4, -0.2) is 63.8 Å². The Morgan fingerprint density at radius 1 is 1.00 bits per heavy atom. The predicted molar refractivity (Wildman–Crippen MR) is 119 cm³/mol. The lowest BCUT2D eigenvalue weighted by molar-refractivity contribution is -0.137. The zero-order valence-electron chi connectivity index (χ0n) is 18.1. The van der Waals surface area contributed by atoms with Crippen molar-refractivity contribution in [3.8, 4) is 5.75 Å². The lowest BCUT2D eigenvalue weighted by Gasteiger charge is -2.40. The highest BCUT2D eigenvalue weighted by atomic mass is 16.5. The first-order chi connectivity index (χ1) is 15.2. The van der Waals surface area contributed by atoms with Gasteiger partial charge < -0.3 is 9.64 Å². The smallest absolute Gasteiger partial charge is 0.227 e. The summed E-state index contributed by atoms with van der Waals surface area (Å²) in [5.74, 6) is 0.906. The van der Waals surface area contributed by atoms with Crippen LogP contribution < -0.4 is 4.74 Å². The van der Waals surface area contributed by atoms with Crippen molar-refractivity contribution in [1.82, 2.24) is 24.6 Å². The Kier molecular flexibility index (Phi) is 6.62. The molecule has 1 aliphatic rings. The van der Waals surface area contributed by atoms with Crippen molar-refractivity contribution in [3.63, 3.8) is 0 Å². The van der Waals surface area contributed by atoms with Gasteiger partial charge in [0.2, 0.25) is 5.91 Å². The van der Waals surface area contributed by atoms with Gasteiger partial charge in [-0.2, -0.15) is 5.10 Å². The summed E-state index contributed by atoms with van der Waals surface area (Å²) in [7, 11) is 1.68. The molecule has 4 rings (SSSR count). The molecule has 2 heterocycles. The SMILES string of the molecule is COc1ccc([C@H](c2ccccc2)N2CCN(C(=O)[C@H](C)Cn3cncn3)CC2)cc1. The van der Waals surface area contributed by atoms with Crippen molar-refractivity contribution in [3.05, 3.63) is 78.4 Å². The third-order valence-corrected chi connectivity index (χ3v) is 5.89. The van der Waals surface area contributed by atoms with Gasteiger partial charge in [0.05, 0.1) is 25.6 Å². The summed E-state index contributed by atoms with van der Waals surface area (Å²) in [4.78, 5) is 21.3. The first-order valence-corrected chi connectivity index (χ1v) is 10.7. The van der Waals surface area contributed by atoms with E-state index in [-0.39, 0.29) is 17.9 Å². The number of hydrogen-bond acceptors (Lipinski definition) is 5. The van der Waals surface area contributed by atoms with E-state index in [2.05, 4.69) is 51.4 Å². The van der Waals surface area contributed by atoms with E-state index in [0.29, 0.717) is 6.54 Å². The van der Waals surface area contributed by atoms with Crippen LogP contribution in [0.4, 0.5) is 0 Å². The van der Waals surface area contributed by atoms with Gasteiger partial charge in [-0.25, -0.2) is 4.98 Å². The molecule has 0 spiro atoms. The molecule has 162 valence electrons. The monoisotopic (exact) mass is 419 g/mol. The van der Waals surface area contributed by atoms with Crippen LogP contribution in [0.5, 0.6) is 5.75 Å². The van der Waals surface area contributed by atoms with Gasteiger partial charge in [0.1, 0.15) is 18.4 Å². The molecule has 1 aromatic heterocycles. The maximum Gasteiger partial charge on any atom is 0.227 e. The molecule has 2 atom stereocenters. The minimum Gasteiger partial charge on any atom is -0.497 e. The second-order valence-corrected chi connectivity index (χ2v) is 7.97. The second kappa shape index (κ2) is 9.75. The van der Waals surface area contributed by atoms with E-state index in [1.165, 1.54) is 17.5 Å². The van der Waals surface area contributed by atoms with Crippen molar-refractivity contribution in [2.24, 2.45) is 5.92 Å². The van der Waals surface area contributed by atoms with E-state index in [9.17, 15) is 4.79 Å². The minimum atomic E-state index is -0.125. The second-order valence-electron chi connectivity index (χ2n) is 7.97. The number of carbonyl (C=O) groups excluding carboxylic acids is 1. The first-order valence-electron chi connectivity index (χ1n) is 10.7. The van der Waals surface area contributed by atoms with Gasteiger partial charge in [-0.3, -0.25) is 14.4 Å². The average Bonchev–Trinajstić information content (AvgIpc) is 3.33. The maximum atomic E-state index is 12.9. The van der Waals surface area contributed by atoms with E-state index in [1.54, 1.807) is 18.1 Å². The number of amides is 1. The van der Waals surface area contributed by atoms with Crippen molar-refractivity contribution >= 4 is 5.91 Å². The molecule has 1 fully saturated rings. The third-order valence-electron chi connectivity index (χ3n) is 5.89.